The van der Waals surface area contributed by atoms with Gasteiger partial charge in [-0.05, 0) is 19.8 Å². The minimum atomic E-state index is -0.206. The first-order valence-corrected chi connectivity index (χ1v) is 8.34. The standard InChI is InChI=1S/C16H26N4O2/c1-11-18-19-15(22-11)16(2)9-20(10-16)14(21)12-7-5-3-4-6-8-13(12)17/h12-13H,3-10,17H2,1-2H3. The molecule has 6 nitrogen and oxygen atoms in total. The lowest BCUT2D eigenvalue weighted by Crippen LogP contribution is -2.62. The van der Waals surface area contributed by atoms with E-state index in [0.29, 0.717) is 24.9 Å². The van der Waals surface area contributed by atoms with Crippen LogP contribution in [-0.4, -0.2) is 40.1 Å². The van der Waals surface area contributed by atoms with E-state index in [0.717, 1.165) is 25.7 Å². The van der Waals surface area contributed by atoms with E-state index in [1.54, 1.807) is 6.92 Å². The first-order valence-electron chi connectivity index (χ1n) is 8.34. The van der Waals surface area contributed by atoms with Crippen LogP contribution in [0.5, 0.6) is 0 Å². The summed E-state index contributed by atoms with van der Waals surface area (Å²) in [6, 6.07) is 0.00491. The van der Waals surface area contributed by atoms with Gasteiger partial charge in [0.15, 0.2) is 0 Å². The Morgan fingerprint density at radius 3 is 2.55 bits per heavy atom. The van der Waals surface area contributed by atoms with Crippen molar-refractivity contribution in [3.63, 3.8) is 0 Å². The van der Waals surface area contributed by atoms with Crippen molar-refractivity contribution in [3.8, 4) is 0 Å². The predicted molar refractivity (Wildman–Crippen MR) is 82.1 cm³/mol. The molecule has 2 N–H and O–H groups in total. The maximum Gasteiger partial charge on any atom is 0.227 e. The van der Waals surface area contributed by atoms with Gasteiger partial charge in [0.05, 0.1) is 11.3 Å². The Morgan fingerprint density at radius 2 is 1.91 bits per heavy atom. The van der Waals surface area contributed by atoms with Gasteiger partial charge in [-0.1, -0.05) is 25.7 Å². The topological polar surface area (TPSA) is 85.2 Å². The zero-order valence-corrected chi connectivity index (χ0v) is 13.5. The fourth-order valence-electron chi connectivity index (χ4n) is 3.68. The van der Waals surface area contributed by atoms with Crippen LogP contribution in [0.4, 0.5) is 0 Å². The number of hydrogen-bond donors (Lipinski definition) is 1. The lowest BCUT2D eigenvalue weighted by Gasteiger charge is -2.47. The summed E-state index contributed by atoms with van der Waals surface area (Å²) < 4.78 is 5.54. The van der Waals surface area contributed by atoms with E-state index in [1.807, 2.05) is 4.90 Å². The third kappa shape index (κ3) is 2.89. The fraction of sp³-hybridized carbons (Fsp3) is 0.812. The monoisotopic (exact) mass is 306 g/mol. The Hall–Kier alpha value is -1.43. The lowest BCUT2D eigenvalue weighted by molar-refractivity contribution is -0.145. The highest BCUT2D eigenvalue weighted by Crippen LogP contribution is 2.35. The summed E-state index contributed by atoms with van der Waals surface area (Å²) >= 11 is 0. The second-order valence-corrected chi connectivity index (χ2v) is 7.14. The van der Waals surface area contributed by atoms with Gasteiger partial charge >= 0.3 is 0 Å². The van der Waals surface area contributed by atoms with E-state index in [-0.39, 0.29) is 23.3 Å². The van der Waals surface area contributed by atoms with E-state index in [2.05, 4.69) is 17.1 Å². The average molecular weight is 306 g/mol. The number of carbonyl (C=O) groups excluding carboxylic acids is 1. The van der Waals surface area contributed by atoms with Crippen LogP contribution in [0.15, 0.2) is 4.42 Å². The summed E-state index contributed by atoms with van der Waals surface area (Å²) in [7, 11) is 0. The Kier molecular flexibility index (Phi) is 4.21. The van der Waals surface area contributed by atoms with Crippen molar-refractivity contribution in [2.45, 2.75) is 63.8 Å². The van der Waals surface area contributed by atoms with Crippen molar-refractivity contribution in [3.05, 3.63) is 11.8 Å². The molecular formula is C16H26N4O2. The second-order valence-electron chi connectivity index (χ2n) is 7.14. The molecule has 6 heteroatoms. The van der Waals surface area contributed by atoms with Gasteiger partial charge in [0.2, 0.25) is 17.7 Å². The highest BCUT2D eigenvalue weighted by atomic mass is 16.4. The van der Waals surface area contributed by atoms with Gasteiger partial charge in [0.25, 0.3) is 0 Å². The molecule has 1 aliphatic carbocycles. The molecule has 0 bridgehead atoms. The molecule has 0 spiro atoms. The summed E-state index contributed by atoms with van der Waals surface area (Å²) in [5, 5.41) is 8.00. The number of aryl methyl sites for hydroxylation is 1. The summed E-state index contributed by atoms with van der Waals surface area (Å²) in [4.78, 5) is 14.7. The van der Waals surface area contributed by atoms with Gasteiger partial charge < -0.3 is 15.1 Å². The van der Waals surface area contributed by atoms with Crippen molar-refractivity contribution in [2.24, 2.45) is 11.7 Å². The van der Waals surface area contributed by atoms with Crippen LogP contribution in [-0.2, 0) is 10.2 Å². The molecule has 1 aliphatic heterocycles. The van der Waals surface area contributed by atoms with Crippen molar-refractivity contribution in [1.82, 2.24) is 15.1 Å². The van der Waals surface area contributed by atoms with E-state index >= 15 is 0 Å². The lowest BCUT2D eigenvalue weighted by atomic mass is 9.79. The van der Waals surface area contributed by atoms with E-state index in [1.165, 1.54) is 12.8 Å². The second kappa shape index (κ2) is 5.99. The quantitative estimate of drug-likeness (QED) is 0.900. The van der Waals surface area contributed by atoms with E-state index in [4.69, 9.17) is 10.2 Å². The molecule has 2 heterocycles. The van der Waals surface area contributed by atoms with Crippen molar-refractivity contribution in [1.29, 1.82) is 0 Å². The first kappa shape index (κ1) is 15.5. The van der Waals surface area contributed by atoms with Gasteiger partial charge in [-0.3, -0.25) is 4.79 Å². The van der Waals surface area contributed by atoms with Gasteiger partial charge in [-0.25, -0.2) is 0 Å². The average Bonchev–Trinajstić information content (AvgIpc) is 2.86. The SMILES string of the molecule is Cc1nnc(C2(C)CN(C(=O)C3CCCCCCC3N)C2)o1. The van der Waals surface area contributed by atoms with E-state index in [9.17, 15) is 4.79 Å². The van der Waals surface area contributed by atoms with Gasteiger partial charge in [0, 0.05) is 26.1 Å². The van der Waals surface area contributed by atoms with Crippen molar-refractivity contribution in [2.75, 3.05) is 13.1 Å². The number of nitrogens with zero attached hydrogens (tertiary/aromatic N) is 3. The maximum absolute atomic E-state index is 12.8. The zero-order valence-electron chi connectivity index (χ0n) is 13.5. The normalized spacial score (nSPS) is 28.6. The van der Waals surface area contributed by atoms with Gasteiger partial charge in [-0.15, -0.1) is 10.2 Å². The molecule has 2 fully saturated rings. The van der Waals surface area contributed by atoms with Crippen LogP contribution < -0.4 is 5.73 Å². The molecule has 1 saturated carbocycles. The Morgan fingerprint density at radius 1 is 1.23 bits per heavy atom. The van der Waals surface area contributed by atoms with Gasteiger partial charge in [-0.2, -0.15) is 0 Å². The number of aromatic nitrogens is 2. The van der Waals surface area contributed by atoms with Crippen LogP contribution in [0, 0.1) is 12.8 Å². The number of carbonyl (C=O) groups is 1. The number of rotatable bonds is 2. The molecule has 1 aromatic heterocycles. The highest BCUT2D eigenvalue weighted by Gasteiger charge is 2.48. The number of amides is 1. The Labute approximate surface area is 131 Å². The summed E-state index contributed by atoms with van der Waals surface area (Å²) in [6.45, 7) is 5.16. The summed E-state index contributed by atoms with van der Waals surface area (Å²) in [5.74, 6) is 1.40. The van der Waals surface area contributed by atoms with E-state index < -0.39 is 0 Å². The number of likely N-dealkylation sites (tertiary alicyclic amines) is 1. The van der Waals surface area contributed by atoms with Crippen LogP contribution in [0.1, 0.15) is 57.2 Å². The molecule has 3 rings (SSSR count). The van der Waals surface area contributed by atoms with Crippen molar-refractivity contribution < 1.29 is 9.21 Å². The molecule has 1 saturated heterocycles. The number of hydrogen-bond acceptors (Lipinski definition) is 5. The molecular weight excluding hydrogens is 280 g/mol. The third-order valence-corrected chi connectivity index (χ3v) is 5.07. The Bertz CT molecular complexity index is 536. The molecule has 22 heavy (non-hydrogen) atoms. The Balaban J connectivity index is 1.62. The minimum absolute atomic E-state index is 0.00491. The smallest absolute Gasteiger partial charge is 0.227 e. The molecule has 1 aromatic rings. The molecule has 0 aromatic carbocycles. The zero-order chi connectivity index (χ0) is 15.7. The van der Waals surface area contributed by atoms with Crippen molar-refractivity contribution >= 4 is 5.91 Å². The minimum Gasteiger partial charge on any atom is -0.425 e. The highest BCUT2D eigenvalue weighted by molar-refractivity contribution is 5.80. The molecule has 2 aliphatic rings. The molecule has 2 unspecified atom stereocenters. The molecule has 1 amide bonds. The molecule has 2 atom stereocenters. The van der Waals surface area contributed by atoms with Crippen LogP contribution >= 0.6 is 0 Å². The largest absolute Gasteiger partial charge is 0.425 e. The molecule has 0 radical (unpaired) electrons. The summed E-state index contributed by atoms with van der Waals surface area (Å²) in [5.41, 5.74) is 6.05. The maximum atomic E-state index is 12.8. The third-order valence-electron chi connectivity index (χ3n) is 5.07. The predicted octanol–water partition coefficient (Wildman–Crippen LogP) is 1.78. The fourth-order valence-corrected chi connectivity index (χ4v) is 3.68. The van der Waals surface area contributed by atoms with Crippen LogP contribution in [0.3, 0.4) is 0 Å². The molecule has 122 valence electrons. The number of nitrogens with two attached hydrogens (primary N) is 1. The van der Waals surface area contributed by atoms with Crippen LogP contribution in [0.25, 0.3) is 0 Å². The first-order chi connectivity index (χ1) is 10.5. The van der Waals surface area contributed by atoms with Crippen LogP contribution in [0.2, 0.25) is 0 Å². The van der Waals surface area contributed by atoms with Gasteiger partial charge in [0.1, 0.15) is 0 Å². The summed E-state index contributed by atoms with van der Waals surface area (Å²) in [6.07, 6.45) is 6.60.